The molecule has 0 spiro atoms. The minimum atomic E-state index is 0.996. The van der Waals surface area contributed by atoms with Gasteiger partial charge in [0.1, 0.15) is 0 Å². The standard InChI is InChI=1S/C7H9N3S/c1-4-10(5-2-8-1)7-9-3-6-11-7/h1,3-4,6,8H,2,5H2. The average Bonchev–Trinajstić information content (AvgIpc) is 2.58. The van der Waals surface area contributed by atoms with Gasteiger partial charge in [0.2, 0.25) is 0 Å². The molecule has 0 unspecified atom stereocenters. The SMILES string of the molecule is C1=CN(c2nccs2)CCN1. The van der Waals surface area contributed by atoms with Gasteiger partial charge in [0, 0.05) is 37.1 Å². The van der Waals surface area contributed by atoms with Gasteiger partial charge in [0.15, 0.2) is 5.13 Å². The topological polar surface area (TPSA) is 28.2 Å². The minimum Gasteiger partial charge on any atom is -0.388 e. The van der Waals surface area contributed by atoms with Gasteiger partial charge in [0.05, 0.1) is 0 Å². The third-order valence-corrected chi connectivity index (χ3v) is 2.34. The molecule has 0 bridgehead atoms. The number of hydrogen-bond donors (Lipinski definition) is 1. The fourth-order valence-corrected chi connectivity index (χ4v) is 1.66. The highest BCUT2D eigenvalue weighted by Crippen LogP contribution is 2.17. The average molecular weight is 167 g/mol. The van der Waals surface area contributed by atoms with Gasteiger partial charge in [-0.1, -0.05) is 0 Å². The van der Waals surface area contributed by atoms with Crippen molar-refractivity contribution in [2.45, 2.75) is 0 Å². The normalized spacial score (nSPS) is 16.5. The lowest BCUT2D eigenvalue weighted by Gasteiger charge is -2.20. The molecule has 2 heterocycles. The molecule has 1 N–H and O–H groups in total. The second-order valence-electron chi connectivity index (χ2n) is 2.28. The molecule has 0 aliphatic carbocycles. The summed E-state index contributed by atoms with van der Waals surface area (Å²) in [6, 6.07) is 0. The Bertz CT molecular complexity index is 242. The molecular weight excluding hydrogens is 158 g/mol. The molecule has 1 aromatic rings. The Morgan fingerprint density at radius 3 is 3.27 bits per heavy atom. The zero-order valence-electron chi connectivity index (χ0n) is 6.03. The van der Waals surface area contributed by atoms with Gasteiger partial charge in [-0.05, 0) is 0 Å². The number of anilines is 1. The van der Waals surface area contributed by atoms with E-state index in [0.717, 1.165) is 18.2 Å². The van der Waals surface area contributed by atoms with Crippen molar-refractivity contribution in [1.29, 1.82) is 0 Å². The summed E-state index contributed by atoms with van der Waals surface area (Å²) in [4.78, 5) is 6.35. The lowest BCUT2D eigenvalue weighted by atomic mass is 10.5. The largest absolute Gasteiger partial charge is 0.388 e. The quantitative estimate of drug-likeness (QED) is 0.677. The van der Waals surface area contributed by atoms with Gasteiger partial charge in [-0.15, -0.1) is 11.3 Å². The predicted octanol–water partition coefficient (Wildman–Crippen LogP) is 1.02. The van der Waals surface area contributed by atoms with Crippen molar-refractivity contribution in [3.05, 3.63) is 24.0 Å². The van der Waals surface area contributed by atoms with Crippen LogP contribution in [0, 0.1) is 0 Å². The van der Waals surface area contributed by atoms with E-state index in [1.165, 1.54) is 0 Å². The van der Waals surface area contributed by atoms with Crippen LogP contribution in [0.1, 0.15) is 0 Å². The van der Waals surface area contributed by atoms with Gasteiger partial charge in [-0.3, -0.25) is 0 Å². The first kappa shape index (κ1) is 6.67. The summed E-state index contributed by atoms with van der Waals surface area (Å²) in [5.41, 5.74) is 0. The predicted molar refractivity (Wildman–Crippen MR) is 46.6 cm³/mol. The van der Waals surface area contributed by atoms with Crippen LogP contribution < -0.4 is 10.2 Å². The van der Waals surface area contributed by atoms with Crippen molar-refractivity contribution in [3.63, 3.8) is 0 Å². The lowest BCUT2D eigenvalue weighted by molar-refractivity contribution is 0.774. The van der Waals surface area contributed by atoms with Crippen molar-refractivity contribution in [2.75, 3.05) is 18.0 Å². The van der Waals surface area contributed by atoms with Gasteiger partial charge in [-0.25, -0.2) is 4.98 Å². The first-order chi connectivity index (χ1) is 5.47. The molecule has 4 heteroatoms. The first-order valence-electron chi connectivity index (χ1n) is 3.53. The Morgan fingerprint density at radius 2 is 2.64 bits per heavy atom. The van der Waals surface area contributed by atoms with Crippen molar-refractivity contribution in [2.24, 2.45) is 0 Å². The maximum Gasteiger partial charge on any atom is 0.189 e. The molecule has 1 aromatic heterocycles. The van der Waals surface area contributed by atoms with Crippen molar-refractivity contribution in [3.8, 4) is 0 Å². The zero-order chi connectivity index (χ0) is 7.52. The second-order valence-corrected chi connectivity index (χ2v) is 3.15. The Hall–Kier alpha value is -1.03. The molecule has 1 aliphatic rings. The Kier molecular flexibility index (Phi) is 1.77. The van der Waals surface area contributed by atoms with E-state index in [9.17, 15) is 0 Å². The highest BCUT2D eigenvalue weighted by Gasteiger charge is 2.06. The summed E-state index contributed by atoms with van der Waals surface area (Å²) in [6.07, 6.45) is 5.79. The van der Waals surface area contributed by atoms with E-state index >= 15 is 0 Å². The highest BCUT2D eigenvalue weighted by molar-refractivity contribution is 7.13. The molecule has 58 valence electrons. The van der Waals surface area contributed by atoms with E-state index in [2.05, 4.69) is 15.2 Å². The Balaban J connectivity index is 2.16. The smallest absolute Gasteiger partial charge is 0.189 e. The molecule has 0 fully saturated rings. The van der Waals surface area contributed by atoms with E-state index in [0.29, 0.717) is 0 Å². The summed E-state index contributed by atoms with van der Waals surface area (Å²) >= 11 is 1.67. The molecule has 0 aromatic carbocycles. The molecule has 2 rings (SSSR count). The number of rotatable bonds is 1. The molecule has 3 nitrogen and oxygen atoms in total. The first-order valence-corrected chi connectivity index (χ1v) is 4.41. The summed E-state index contributed by atoms with van der Waals surface area (Å²) in [5.74, 6) is 0. The molecule has 11 heavy (non-hydrogen) atoms. The number of thiazole rings is 1. The van der Waals surface area contributed by atoms with Crippen LogP contribution in [0.5, 0.6) is 0 Å². The lowest BCUT2D eigenvalue weighted by Crippen LogP contribution is -2.30. The molecule has 0 saturated heterocycles. The van der Waals surface area contributed by atoms with Crippen molar-refractivity contribution in [1.82, 2.24) is 10.3 Å². The molecule has 0 amide bonds. The second kappa shape index (κ2) is 2.92. The van der Waals surface area contributed by atoms with Crippen molar-refractivity contribution >= 4 is 16.5 Å². The van der Waals surface area contributed by atoms with Gasteiger partial charge < -0.3 is 10.2 Å². The maximum atomic E-state index is 4.21. The summed E-state index contributed by atoms with van der Waals surface area (Å²) in [5, 5.41) is 6.19. The van der Waals surface area contributed by atoms with E-state index in [1.54, 1.807) is 11.3 Å². The summed E-state index contributed by atoms with van der Waals surface area (Å²) in [7, 11) is 0. The van der Waals surface area contributed by atoms with E-state index < -0.39 is 0 Å². The number of aromatic nitrogens is 1. The molecule has 0 radical (unpaired) electrons. The van der Waals surface area contributed by atoms with Gasteiger partial charge in [0.25, 0.3) is 0 Å². The van der Waals surface area contributed by atoms with E-state index in [1.807, 2.05) is 24.0 Å². The monoisotopic (exact) mass is 167 g/mol. The fraction of sp³-hybridized carbons (Fsp3) is 0.286. The van der Waals surface area contributed by atoms with Crippen molar-refractivity contribution < 1.29 is 0 Å². The van der Waals surface area contributed by atoms with Crippen LogP contribution in [0.15, 0.2) is 24.0 Å². The van der Waals surface area contributed by atoms with Crippen LogP contribution in [0.4, 0.5) is 5.13 Å². The molecule has 0 saturated carbocycles. The summed E-state index contributed by atoms with van der Waals surface area (Å²) in [6.45, 7) is 2.00. The molecular formula is C7H9N3S. The molecule has 1 aliphatic heterocycles. The highest BCUT2D eigenvalue weighted by atomic mass is 32.1. The molecule has 0 atom stereocenters. The Labute approximate surface area is 69.4 Å². The number of hydrogen-bond acceptors (Lipinski definition) is 4. The van der Waals surface area contributed by atoms with Crippen LogP contribution in [0.25, 0.3) is 0 Å². The van der Waals surface area contributed by atoms with Crippen LogP contribution in [0.3, 0.4) is 0 Å². The van der Waals surface area contributed by atoms with Gasteiger partial charge in [-0.2, -0.15) is 0 Å². The van der Waals surface area contributed by atoms with Crippen LogP contribution >= 0.6 is 11.3 Å². The van der Waals surface area contributed by atoms with E-state index in [4.69, 9.17) is 0 Å². The zero-order valence-corrected chi connectivity index (χ0v) is 6.84. The van der Waals surface area contributed by atoms with Gasteiger partial charge >= 0.3 is 0 Å². The summed E-state index contributed by atoms with van der Waals surface area (Å²) < 4.78 is 0. The van der Waals surface area contributed by atoms with E-state index in [-0.39, 0.29) is 0 Å². The third kappa shape index (κ3) is 1.35. The third-order valence-electron chi connectivity index (χ3n) is 1.53. The fourth-order valence-electron chi connectivity index (χ4n) is 1.00. The number of nitrogens with one attached hydrogen (secondary N) is 1. The van der Waals surface area contributed by atoms with Crippen LogP contribution in [0.2, 0.25) is 0 Å². The van der Waals surface area contributed by atoms with Crippen LogP contribution in [-0.2, 0) is 0 Å². The Morgan fingerprint density at radius 1 is 1.64 bits per heavy atom. The maximum absolute atomic E-state index is 4.21. The minimum absolute atomic E-state index is 0.996. The number of nitrogens with zero attached hydrogens (tertiary/aromatic N) is 2. The van der Waals surface area contributed by atoms with Crippen LogP contribution in [-0.4, -0.2) is 18.1 Å².